The van der Waals surface area contributed by atoms with Crippen molar-refractivity contribution in [1.82, 2.24) is 4.98 Å². The Morgan fingerprint density at radius 1 is 1.23 bits per heavy atom. The molecule has 2 rings (SSSR count). The van der Waals surface area contributed by atoms with E-state index in [1.807, 2.05) is 18.3 Å². The largest absolute Gasteiger partial charge is 0.261 e. The lowest BCUT2D eigenvalue weighted by Crippen LogP contribution is -2.18. The first-order chi connectivity index (χ1) is 6.38. The topological polar surface area (TPSA) is 12.9 Å². The number of aromatic nitrogens is 1. The Kier molecular flexibility index (Phi) is 2.84. The molecule has 2 unspecified atom stereocenters. The zero-order valence-electron chi connectivity index (χ0n) is 7.62. The molecule has 2 atom stereocenters. The number of nitrogens with zero attached hydrogens (tertiary/aromatic N) is 1. The van der Waals surface area contributed by atoms with E-state index in [2.05, 4.69) is 11.1 Å². The second kappa shape index (κ2) is 4.10. The van der Waals surface area contributed by atoms with Crippen molar-refractivity contribution >= 4 is 11.6 Å². The van der Waals surface area contributed by atoms with Crippen LogP contribution in [0, 0.1) is 0 Å². The average molecular weight is 196 g/mol. The monoisotopic (exact) mass is 195 g/mol. The summed E-state index contributed by atoms with van der Waals surface area (Å²) in [4.78, 5) is 4.37. The molecule has 1 aliphatic rings. The summed E-state index contributed by atoms with van der Waals surface area (Å²) in [5.41, 5.74) is 1.17. The molecule has 0 bridgehead atoms. The van der Waals surface area contributed by atoms with E-state index in [4.69, 9.17) is 11.6 Å². The van der Waals surface area contributed by atoms with E-state index in [9.17, 15) is 0 Å². The van der Waals surface area contributed by atoms with Crippen LogP contribution in [0.5, 0.6) is 0 Å². The third kappa shape index (κ3) is 2.02. The van der Waals surface area contributed by atoms with Gasteiger partial charge in [-0.3, -0.25) is 4.98 Å². The van der Waals surface area contributed by atoms with Crippen molar-refractivity contribution in [3.63, 3.8) is 0 Å². The van der Waals surface area contributed by atoms with E-state index >= 15 is 0 Å². The number of hydrogen-bond donors (Lipinski definition) is 0. The highest BCUT2D eigenvalue weighted by Crippen LogP contribution is 2.35. The van der Waals surface area contributed by atoms with Crippen molar-refractivity contribution < 1.29 is 0 Å². The highest BCUT2D eigenvalue weighted by molar-refractivity contribution is 6.21. The van der Waals surface area contributed by atoms with Gasteiger partial charge in [-0.1, -0.05) is 18.9 Å². The first-order valence-electron chi connectivity index (χ1n) is 4.93. The van der Waals surface area contributed by atoms with Crippen LogP contribution in [-0.2, 0) is 0 Å². The van der Waals surface area contributed by atoms with E-state index < -0.39 is 0 Å². The van der Waals surface area contributed by atoms with Crippen molar-refractivity contribution in [3.8, 4) is 0 Å². The van der Waals surface area contributed by atoms with Crippen LogP contribution >= 0.6 is 11.6 Å². The van der Waals surface area contributed by atoms with E-state index in [0.717, 1.165) is 6.42 Å². The molecule has 1 aromatic rings. The van der Waals surface area contributed by atoms with Crippen LogP contribution in [-0.4, -0.2) is 10.4 Å². The number of rotatable bonds is 1. The highest BCUT2D eigenvalue weighted by Gasteiger charge is 2.25. The molecule has 0 aliphatic heterocycles. The number of halogens is 1. The minimum Gasteiger partial charge on any atom is -0.261 e. The second-order valence-corrected chi connectivity index (χ2v) is 4.22. The summed E-state index contributed by atoms with van der Waals surface area (Å²) in [6.45, 7) is 0. The number of pyridine rings is 1. The normalized spacial score (nSPS) is 28.7. The second-order valence-electron chi connectivity index (χ2n) is 3.66. The third-order valence-corrected chi connectivity index (χ3v) is 3.27. The molecule has 0 saturated heterocycles. The predicted octanol–water partition coefficient (Wildman–Crippen LogP) is 3.35. The molecule has 1 heterocycles. The Labute approximate surface area is 84.1 Å². The number of alkyl halides is 1. The molecule has 1 aromatic heterocycles. The van der Waals surface area contributed by atoms with Gasteiger partial charge in [-0.15, -0.1) is 11.6 Å². The zero-order valence-corrected chi connectivity index (χ0v) is 8.37. The zero-order chi connectivity index (χ0) is 9.10. The van der Waals surface area contributed by atoms with E-state index in [-0.39, 0.29) is 0 Å². The molecule has 13 heavy (non-hydrogen) atoms. The fourth-order valence-electron chi connectivity index (χ4n) is 2.01. The van der Waals surface area contributed by atoms with Crippen LogP contribution in [0.2, 0.25) is 0 Å². The average Bonchev–Trinajstić information content (AvgIpc) is 2.20. The van der Waals surface area contributed by atoms with Crippen LogP contribution in [0.4, 0.5) is 0 Å². The molecule has 1 saturated carbocycles. The summed E-state index contributed by atoms with van der Waals surface area (Å²) in [5, 5.41) is 0.295. The fourth-order valence-corrected chi connectivity index (χ4v) is 2.42. The summed E-state index contributed by atoms with van der Waals surface area (Å²) in [5.74, 6) is 0.483. The molecule has 0 aromatic carbocycles. The summed E-state index contributed by atoms with van der Waals surface area (Å²) < 4.78 is 0. The van der Waals surface area contributed by atoms with Crippen LogP contribution in [0.3, 0.4) is 0 Å². The van der Waals surface area contributed by atoms with Gasteiger partial charge >= 0.3 is 0 Å². The van der Waals surface area contributed by atoms with Crippen molar-refractivity contribution in [2.75, 3.05) is 0 Å². The van der Waals surface area contributed by atoms with Gasteiger partial charge in [0.15, 0.2) is 0 Å². The maximum atomic E-state index is 6.28. The smallest absolute Gasteiger partial charge is 0.0449 e. The van der Waals surface area contributed by atoms with Crippen LogP contribution < -0.4 is 0 Å². The summed E-state index contributed by atoms with van der Waals surface area (Å²) >= 11 is 6.28. The van der Waals surface area contributed by atoms with E-state index in [0.29, 0.717) is 11.3 Å². The van der Waals surface area contributed by atoms with Crippen LogP contribution in [0.25, 0.3) is 0 Å². The van der Waals surface area contributed by atoms with E-state index in [1.54, 1.807) is 0 Å². The Balaban J connectivity index is 2.15. The van der Waals surface area contributed by atoms with Crippen molar-refractivity contribution in [3.05, 3.63) is 30.1 Å². The maximum absolute atomic E-state index is 6.28. The minimum absolute atomic E-state index is 0.295. The molecule has 2 heteroatoms. The molecule has 0 spiro atoms. The standard InChI is InChI=1S/C11H14ClN/c12-10-6-2-1-5-9(10)11-7-3-4-8-13-11/h3-4,7-10H,1-2,5-6H2. The molecule has 1 aliphatic carbocycles. The molecule has 0 N–H and O–H groups in total. The summed E-state index contributed by atoms with van der Waals surface area (Å²) in [6.07, 6.45) is 6.77. The molecular weight excluding hydrogens is 182 g/mol. The molecule has 1 nitrogen and oxygen atoms in total. The molecule has 0 radical (unpaired) electrons. The molecular formula is C11H14ClN. The lowest BCUT2D eigenvalue weighted by molar-refractivity contribution is 0.443. The first kappa shape index (κ1) is 9.01. The fraction of sp³-hybridized carbons (Fsp3) is 0.545. The quantitative estimate of drug-likeness (QED) is 0.627. The van der Waals surface area contributed by atoms with Gasteiger partial charge in [0.05, 0.1) is 0 Å². The summed E-state index contributed by atoms with van der Waals surface area (Å²) in [7, 11) is 0. The lowest BCUT2D eigenvalue weighted by Gasteiger charge is -2.26. The van der Waals surface area contributed by atoms with Crippen LogP contribution in [0.15, 0.2) is 24.4 Å². The lowest BCUT2D eigenvalue weighted by atomic mass is 9.86. The first-order valence-corrected chi connectivity index (χ1v) is 5.36. The SMILES string of the molecule is ClC1CCCCC1c1ccccn1. The Bertz CT molecular complexity index is 260. The number of hydrogen-bond acceptors (Lipinski definition) is 1. The molecule has 1 fully saturated rings. The van der Waals surface area contributed by atoms with E-state index in [1.165, 1.54) is 25.0 Å². The molecule has 0 amide bonds. The van der Waals surface area contributed by atoms with Gasteiger partial charge in [-0.05, 0) is 25.0 Å². The van der Waals surface area contributed by atoms with Gasteiger partial charge < -0.3 is 0 Å². The van der Waals surface area contributed by atoms with Gasteiger partial charge in [0.2, 0.25) is 0 Å². The minimum atomic E-state index is 0.295. The van der Waals surface area contributed by atoms with Crippen molar-refractivity contribution in [2.24, 2.45) is 0 Å². The predicted molar refractivity (Wildman–Crippen MR) is 55.1 cm³/mol. The van der Waals surface area contributed by atoms with Gasteiger partial charge in [-0.25, -0.2) is 0 Å². The Morgan fingerprint density at radius 3 is 2.77 bits per heavy atom. The molecule has 70 valence electrons. The maximum Gasteiger partial charge on any atom is 0.0449 e. The van der Waals surface area contributed by atoms with Gasteiger partial charge in [0, 0.05) is 23.2 Å². The third-order valence-electron chi connectivity index (χ3n) is 2.75. The van der Waals surface area contributed by atoms with Crippen molar-refractivity contribution in [1.29, 1.82) is 0 Å². The Morgan fingerprint density at radius 2 is 2.08 bits per heavy atom. The summed E-state index contributed by atoms with van der Waals surface area (Å²) in [6, 6.07) is 6.08. The van der Waals surface area contributed by atoms with Gasteiger partial charge in [-0.2, -0.15) is 0 Å². The van der Waals surface area contributed by atoms with Gasteiger partial charge in [0.25, 0.3) is 0 Å². The van der Waals surface area contributed by atoms with Crippen LogP contribution in [0.1, 0.15) is 37.3 Å². The van der Waals surface area contributed by atoms with Crippen molar-refractivity contribution in [2.45, 2.75) is 37.0 Å². The Hall–Kier alpha value is -0.560. The van der Waals surface area contributed by atoms with Gasteiger partial charge in [0.1, 0.15) is 0 Å². The highest BCUT2D eigenvalue weighted by atomic mass is 35.5.